The lowest BCUT2D eigenvalue weighted by molar-refractivity contribution is 0.0199. The van der Waals surface area contributed by atoms with E-state index in [9.17, 15) is 5.11 Å². The molecule has 2 rings (SSSR count). The normalized spacial score (nSPS) is 28.8. The van der Waals surface area contributed by atoms with Crippen LogP contribution >= 0.6 is 0 Å². The molecule has 0 saturated heterocycles. The van der Waals surface area contributed by atoms with Gasteiger partial charge in [-0.25, -0.2) is 0 Å². The van der Waals surface area contributed by atoms with E-state index in [0.717, 1.165) is 0 Å². The molecule has 0 heterocycles. The highest BCUT2D eigenvalue weighted by molar-refractivity contribution is 4.91. The molecule has 0 aromatic heterocycles. The Hall–Kier alpha value is -0.0400. The Labute approximate surface area is 94.3 Å². The van der Waals surface area contributed by atoms with Crippen LogP contribution in [-0.2, 0) is 0 Å². The number of rotatable bonds is 2. The Balaban J connectivity index is 1.86. The lowest BCUT2D eigenvalue weighted by atomic mass is 9.67. The van der Waals surface area contributed by atoms with Crippen LogP contribution in [0.15, 0.2) is 0 Å². The molecule has 1 spiro atoms. The van der Waals surface area contributed by atoms with Gasteiger partial charge >= 0.3 is 0 Å². The maximum Gasteiger partial charge on any atom is 0.0591 e. The molecule has 0 radical (unpaired) electrons. The van der Waals surface area contributed by atoms with Gasteiger partial charge in [0.1, 0.15) is 0 Å². The summed E-state index contributed by atoms with van der Waals surface area (Å²) in [6.45, 7) is 4.29. The fraction of sp³-hybridized carbons (Fsp3) is 1.00. The van der Waals surface area contributed by atoms with Crippen molar-refractivity contribution in [1.29, 1.82) is 0 Å². The van der Waals surface area contributed by atoms with Crippen LogP contribution in [0, 0.1) is 17.3 Å². The molecular formula is C14H26O. The molecule has 0 aromatic carbocycles. The Bertz CT molecular complexity index is 193. The maximum absolute atomic E-state index is 10.1. The molecule has 1 nitrogen and oxygen atoms in total. The van der Waals surface area contributed by atoms with Gasteiger partial charge in [0.2, 0.25) is 0 Å². The lowest BCUT2D eigenvalue weighted by Crippen LogP contribution is -2.33. The summed E-state index contributed by atoms with van der Waals surface area (Å²) in [4.78, 5) is 0. The van der Waals surface area contributed by atoms with Crippen molar-refractivity contribution >= 4 is 0 Å². The third-order valence-corrected chi connectivity index (χ3v) is 4.92. The van der Waals surface area contributed by atoms with E-state index in [1.807, 2.05) is 0 Å². The average molecular weight is 210 g/mol. The molecule has 88 valence electrons. The topological polar surface area (TPSA) is 20.2 Å². The van der Waals surface area contributed by atoms with Crippen LogP contribution in [0.4, 0.5) is 0 Å². The van der Waals surface area contributed by atoms with Gasteiger partial charge in [0, 0.05) is 0 Å². The van der Waals surface area contributed by atoms with Crippen LogP contribution in [0.1, 0.15) is 65.2 Å². The van der Waals surface area contributed by atoms with Crippen molar-refractivity contribution in [2.75, 3.05) is 0 Å². The highest BCUT2D eigenvalue weighted by Gasteiger charge is 2.39. The van der Waals surface area contributed by atoms with E-state index >= 15 is 0 Å². The monoisotopic (exact) mass is 210 g/mol. The van der Waals surface area contributed by atoms with Gasteiger partial charge in [-0.2, -0.15) is 0 Å². The van der Waals surface area contributed by atoms with Gasteiger partial charge in [0.25, 0.3) is 0 Å². The van der Waals surface area contributed by atoms with Crippen molar-refractivity contribution in [3.8, 4) is 0 Å². The van der Waals surface area contributed by atoms with Gasteiger partial charge < -0.3 is 5.11 Å². The van der Waals surface area contributed by atoms with E-state index in [0.29, 0.717) is 17.3 Å². The number of aliphatic hydroxyl groups excluding tert-OH is 1. The van der Waals surface area contributed by atoms with Crippen molar-refractivity contribution in [2.24, 2.45) is 17.3 Å². The Kier molecular flexibility index (Phi) is 3.39. The van der Waals surface area contributed by atoms with Gasteiger partial charge in [0.15, 0.2) is 0 Å². The standard InChI is InChI=1S/C14H26O/c1-11(2)13(15)12-5-9-14(10-6-12)7-3-4-8-14/h11-13,15H,3-10H2,1-2H3. The van der Waals surface area contributed by atoms with E-state index in [1.165, 1.54) is 51.4 Å². The van der Waals surface area contributed by atoms with Crippen LogP contribution in [0.2, 0.25) is 0 Å². The summed E-state index contributed by atoms with van der Waals surface area (Å²) in [5.74, 6) is 1.03. The molecule has 1 N–H and O–H groups in total. The minimum atomic E-state index is -0.0521. The summed E-state index contributed by atoms with van der Waals surface area (Å²) in [6, 6.07) is 0. The smallest absolute Gasteiger partial charge is 0.0591 e. The number of hydrogen-bond acceptors (Lipinski definition) is 1. The molecule has 2 saturated carbocycles. The zero-order chi connectivity index (χ0) is 10.9. The highest BCUT2D eigenvalue weighted by atomic mass is 16.3. The second-order valence-electron chi connectivity index (χ2n) is 6.28. The predicted molar refractivity (Wildman–Crippen MR) is 63.7 cm³/mol. The Morgan fingerprint density at radius 3 is 2.00 bits per heavy atom. The van der Waals surface area contributed by atoms with Gasteiger partial charge in [0.05, 0.1) is 6.10 Å². The average Bonchev–Trinajstić information content (AvgIpc) is 2.67. The Morgan fingerprint density at radius 1 is 1.00 bits per heavy atom. The zero-order valence-electron chi connectivity index (χ0n) is 10.3. The van der Waals surface area contributed by atoms with Crippen LogP contribution in [0.5, 0.6) is 0 Å². The summed E-state index contributed by atoms with van der Waals surface area (Å²) >= 11 is 0. The van der Waals surface area contributed by atoms with Crippen molar-refractivity contribution in [1.82, 2.24) is 0 Å². The lowest BCUT2D eigenvalue weighted by Gasteiger charge is -2.39. The zero-order valence-corrected chi connectivity index (χ0v) is 10.3. The number of hydrogen-bond donors (Lipinski definition) is 1. The van der Waals surface area contributed by atoms with E-state index in [1.54, 1.807) is 0 Å². The summed E-state index contributed by atoms with van der Waals surface area (Å²) in [6.07, 6.45) is 11.1. The molecule has 0 amide bonds. The maximum atomic E-state index is 10.1. The first-order valence-electron chi connectivity index (χ1n) is 6.81. The van der Waals surface area contributed by atoms with E-state index < -0.39 is 0 Å². The first-order valence-corrected chi connectivity index (χ1v) is 6.81. The van der Waals surface area contributed by atoms with Crippen LogP contribution < -0.4 is 0 Å². The molecule has 0 bridgehead atoms. The van der Waals surface area contributed by atoms with Crippen molar-refractivity contribution in [2.45, 2.75) is 71.3 Å². The third-order valence-electron chi connectivity index (χ3n) is 4.92. The Morgan fingerprint density at radius 2 is 1.53 bits per heavy atom. The molecule has 2 fully saturated rings. The van der Waals surface area contributed by atoms with Crippen LogP contribution in [-0.4, -0.2) is 11.2 Å². The number of aliphatic hydroxyl groups is 1. The molecule has 15 heavy (non-hydrogen) atoms. The SMILES string of the molecule is CC(C)C(O)C1CCC2(CCCC2)CC1. The van der Waals surface area contributed by atoms with E-state index in [-0.39, 0.29) is 6.10 Å². The third kappa shape index (κ3) is 2.38. The first kappa shape index (κ1) is 11.4. The van der Waals surface area contributed by atoms with Gasteiger partial charge in [-0.3, -0.25) is 0 Å². The van der Waals surface area contributed by atoms with Gasteiger partial charge in [-0.1, -0.05) is 26.7 Å². The van der Waals surface area contributed by atoms with Crippen molar-refractivity contribution < 1.29 is 5.11 Å². The molecule has 2 aliphatic carbocycles. The van der Waals surface area contributed by atoms with E-state index in [4.69, 9.17) is 0 Å². The predicted octanol–water partition coefficient (Wildman–Crippen LogP) is 3.75. The molecule has 1 atom stereocenters. The second kappa shape index (κ2) is 4.45. The highest BCUT2D eigenvalue weighted by Crippen LogP contribution is 2.50. The van der Waals surface area contributed by atoms with Crippen LogP contribution in [0.3, 0.4) is 0 Å². The second-order valence-corrected chi connectivity index (χ2v) is 6.28. The molecule has 0 aliphatic heterocycles. The minimum absolute atomic E-state index is 0.0521. The van der Waals surface area contributed by atoms with Crippen LogP contribution in [0.25, 0.3) is 0 Å². The fourth-order valence-corrected chi connectivity index (χ4v) is 3.76. The molecule has 1 unspecified atom stereocenters. The quantitative estimate of drug-likeness (QED) is 0.736. The van der Waals surface area contributed by atoms with Gasteiger partial charge in [-0.15, -0.1) is 0 Å². The molecule has 1 heteroatoms. The molecule has 0 aromatic rings. The largest absolute Gasteiger partial charge is 0.393 e. The van der Waals surface area contributed by atoms with Crippen molar-refractivity contribution in [3.63, 3.8) is 0 Å². The summed E-state index contributed by atoms with van der Waals surface area (Å²) in [7, 11) is 0. The fourth-order valence-electron chi connectivity index (χ4n) is 3.76. The van der Waals surface area contributed by atoms with Gasteiger partial charge in [-0.05, 0) is 55.8 Å². The van der Waals surface area contributed by atoms with Crippen molar-refractivity contribution in [3.05, 3.63) is 0 Å². The van der Waals surface area contributed by atoms with E-state index in [2.05, 4.69) is 13.8 Å². The molecular weight excluding hydrogens is 184 g/mol. The summed E-state index contributed by atoms with van der Waals surface area (Å²) in [5, 5.41) is 10.1. The minimum Gasteiger partial charge on any atom is -0.393 e. The summed E-state index contributed by atoms with van der Waals surface area (Å²) in [5.41, 5.74) is 0.715. The first-order chi connectivity index (χ1) is 7.13. The summed E-state index contributed by atoms with van der Waals surface area (Å²) < 4.78 is 0. The molecule has 2 aliphatic rings.